The zero-order chi connectivity index (χ0) is 15.4. The van der Waals surface area contributed by atoms with Crippen LogP contribution in [0.2, 0.25) is 0 Å². The van der Waals surface area contributed by atoms with Gasteiger partial charge in [-0.2, -0.15) is 0 Å². The molecule has 0 radical (unpaired) electrons. The summed E-state index contributed by atoms with van der Waals surface area (Å²) in [6, 6.07) is 2.31. The molecular weight excluding hydrogens is 286 g/mol. The number of hydrogen-bond acceptors (Lipinski definition) is 5. The third-order valence-corrected chi connectivity index (χ3v) is 5.50. The average Bonchev–Trinajstić information content (AvgIpc) is 3.22. The number of furan rings is 1. The fourth-order valence-corrected chi connectivity index (χ4v) is 4.70. The third-order valence-electron chi connectivity index (χ3n) is 5.50. The second kappa shape index (κ2) is 4.69. The maximum Gasteiger partial charge on any atom is 0.234 e. The molecule has 6 heteroatoms. The Bertz CT molecular complexity index is 609. The summed E-state index contributed by atoms with van der Waals surface area (Å²) < 4.78 is 5.26. The van der Waals surface area contributed by atoms with Crippen molar-refractivity contribution in [2.45, 2.75) is 31.7 Å². The fourth-order valence-electron chi connectivity index (χ4n) is 4.70. The Kier molecular flexibility index (Phi) is 2.89. The summed E-state index contributed by atoms with van der Waals surface area (Å²) in [6.45, 7) is 0. The lowest BCUT2D eigenvalue weighted by Crippen LogP contribution is -2.39. The molecule has 3 fully saturated rings. The summed E-state index contributed by atoms with van der Waals surface area (Å²) in [7, 11) is 0. The van der Waals surface area contributed by atoms with Crippen molar-refractivity contribution < 1.29 is 23.9 Å². The van der Waals surface area contributed by atoms with Crippen LogP contribution < -0.4 is 5.11 Å². The molecule has 5 atom stereocenters. The predicted octanol–water partition coefficient (Wildman–Crippen LogP) is 0.492. The van der Waals surface area contributed by atoms with Crippen LogP contribution in [0, 0.1) is 23.7 Å². The van der Waals surface area contributed by atoms with Gasteiger partial charge in [-0.15, -0.1) is 0 Å². The molecule has 2 aliphatic carbocycles. The number of carbonyl (C=O) groups excluding carboxylic acids is 3. The lowest BCUT2D eigenvalue weighted by atomic mass is 9.81. The molecule has 0 spiro atoms. The van der Waals surface area contributed by atoms with Crippen LogP contribution in [-0.4, -0.2) is 22.7 Å². The third kappa shape index (κ3) is 1.76. The van der Waals surface area contributed by atoms with Crippen LogP contribution in [0.25, 0.3) is 0 Å². The van der Waals surface area contributed by atoms with Crippen LogP contribution in [0.1, 0.15) is 37.5 Å². The molecule has 0 N–H and O–H groups in total. The van der Waals surface area contributed by atoms with Crippen molar-refractivity contribution in [3.63, 3.8) is 0 Å². The maximum absolute atomic E-state index is 12.8. The quantitative estimate of drug-likeness (QED) is 0.755. The minimum absolute atomic E-state index is 0.232. The molecule has 2 heterocycles. The normalized spacial score (nSPS) is 34.3. The molecule has 1 saturated heterocycles. The summed E-state index contributed by atoms with van der Waals surface area (Å²) in [4.78, 5) is 37.7. The van der Waals surface area contributed by atoms with Gasteiger partial charge in [0.15, 0.2) is 0 Å². The Morgan fingerprint density at radius 1 is 1.27 bits per heavy atom. The Morgan fingerprint density at radius 2 is 1.91 bits per heavy atom. The number of amides is 2. The highest BCUT2D eigenvalue weighted by Gasteiger charge is 2.62. The highest BCUT2D eigenvalue weighted by atomic mass is 16.4. The van der Waals surface area contributed by atoms with Gasteiger partial charge in [0.2, 0.25) is 11.8 Å². The summed E-state index contributed by atoms with van der Waals surface area (Å²) in [5.41, 5.74) is 0. The molecule has 2 saturated carbocycles. The Labute approximate surface area is 127 Å². The number of rotatable bonds is 4. The van der Waals surface area contributed by atoms with Gasteiger partial charge in [0.25, 0.3) is 0 Å². The van der Waals surface area contributed by atoms with E-state index in [0.717, 1.165) is 24.2 Å². The number of nitrogens with zero attached hydrogens (tertiary/aromatic N) is 1. The number of fused-ring (bicyclic) bond motifs is 5. The van der Waals surface area contributed by atoms with Gasteiger partial charge < -0.3 is 14.3 Å². The zero-order valence-electron chi connectivity index (χ0n) is 11.9. The number of hydrogen-bond donors (Lipinski definition) is 0. The van der Waals surface area contributed by atoms with Gasteiger partial charge in [-0.25, -0.2) is 0 Å². The zero-order valence-corrected chi connectivity index (χ0v) is 11.9. The number of carbonyl (C=O) groups is 3. The van der Waals surface area contributed by atoms with E-state index in [1.54, 1.807) is 12.1 Å². The largest absolute Gasteiger partial charge is 0.550 e. The first-order chi connectivity index (χ1) is 10.6. The smallest absolute Gasteiger partial charge is 0.234 e. The van der Waals surface area contributed by atoms with E-state index in [2.05, 4.69) is 0 Å². The lowest BCUT2D eigenvalue weighted by molar-refractivity contribution is -0.306. The van der Waals surface area contributed by atoms with Gasteiger partial charge in [0.1, 0.15) is 11.8 Å². The number of carboxylic acids is 1. The van der Waals surface area contributed by atoms with Crippen molar-refractivity contribution in [3.05, 3.63) is 24.2 Å². The van der Waals surface area contributed by atoms with Gasteiger partial charge in [-0.05, 0) is 43.2 Å². The molecule has 0 aromatic carbocycles. The van der Waals surface area contributed by atoms with E-state index < -0.39 is 18.4 Å². The molecule has 1 aliphatic heterocycles. The van der Waals surface area contributed by atoms with Crippen LogP contribution in [-0.2, 0) is 14.4 Å². The molecule has 116 valence electrons. The van der Waals surface area contributed by atoms with Crippen LogP contribution >= 0.6 is 0 Å². The Morgan fingerprint density at radius 3 is 2.41 bits per heavy atom. The Balaban J connectivity index is 1.70. The first-order valence-electron chi connectivity index (χ1n) is 7.68. The highest BCUT2D eigenvalue weighted by molar-refractivity contribution is 6.06. The van der Waals surface area contributed by atoms with Gasteiger partial charge >= 0.3 is 0 Å². The number of aliphatic carboxylic acids is 1. The van der Waals surface area contributed by atoms with Gasteiger partial charge in [-0.1, -0.05) is 0 Å². The number of likely N-dealkylation sites (tertiary alicyclic amines) is 1. The van der Waals surface area contributed by atoms with E-state index in [-0.39, 0.29) is 35.5 Å². The highest BCUT2D eigenvalue weighted by Crippen LogP contribution is 2.57. The minimum atomic E-state index is -1.30. The molecule has 6 nitrogen and oxygen atoms in total. The standard InChI is InChI=1S/C16H17NO5/c18-12(19)7-10(11-2-1-5-22-11)17-15(20)13-8-3-4-9(6-8)14(13)16(17)21/h1-2,5,8-10,13-14H,3-4,6-7H2,(H,18,19)/p-1/t8-,9+,10-,13-,14+/m0/s1. The molecule has 22 heavy (non-hydrogen) atoms. The number of imide groups is 1. The second-order valence-corrected chi connectivity index (χ2v) is 6.54. The summed E-state index contributed by atoms with van der Waals surface area (Å²) >= 11 is 0. The van der Waals surface area contributed by atoms with E-state index in [1.165, 1.54) is 6.26 Å². The average molecular weight is 302 g/mol. The summed E-state index contributed by atoms with van der Waals surface area (Å²) in [5.74, 6) is -1.42. The monoisotopic (exact) mass is 302 g/mol. The van der Waals surface area contributed by atoms with Crippen molar-refractivity contribution >= 4 is 17.8 Å². The van der Waals surface area contributed by atoms with E-state index in [0.29, 0.717) is 5.76 Å². The molecule has 3 aliphatic rings. The van der Waals surface area contributed by atoms with Crippen molar-refractivity contribution in [1.29, 1.82) is 0 Å². The molecule has 0 unspecified atom stereocenters. The van der Waals surface area contributed by atoms with Gasteiger partial charge in [0, 0.05) is 12.4 Å². The lowest BCUT2D eigenvalue weighted by Gasteiger charge is -2.26. The van der Waals surface area contributed by atoms with E-state index in [1.807, 2.05) is 0 Å². The van der Waals surface area contributed by atoms with Crippen molar-refractivity contribution in [1.82, 2.24) is 4.90 Å². The molecule has 1 aromatic rings. The van der Waals surface area contributed by atoms with Crippen LogP contribution in [0.5, 0.6) is 0 Å². The molecule has 4 rings (SSSR count). The number of carboxylic acid groups (broad SMARTS) is 1. The minimum Gasteiger partial charge on any atom is -0.550 e. The topological polar surface area (TPSA) is 90.7 Å². The van der Waals surface area contributed by atoms with Crippen LogP contribution in [0.3, 0.4) is 0 Å². The summed E-state index contributed by atoms with van der Waals surface area (Å²) in [6.07, 6.45) is 3.91. The van der Waals surface area contributed by atoms with Gasteiger partial charge in [0.05, 0.1) is 18.1 Å². The van der Waals surface area contributed by atoms with Crippen molar-refractivity contribution in [2.75, 3.05) is 0 Å². The van der Waals surface area contributed by atoms with Gasteiger partial charge in [-0.3, -0.25) is 14.5 Å². The molecule has 2 amide bonds. The summed E-state index contributed by atoms with van der Waals surface area (Å²) in [5, 5.41) is 11.1. The van der Waals surface area contributed by atoms with Crippen LogP contribution in [0.4, 0.5) is 0 Å². The van der Waals surface area contributed by atoms with E-state index >= 15 is 0 Å². The second-order valence-electron chi connectivity index (χ2n) is 6.54. The van der Waals surface area contributed by atoms with E-state index in [9.17, 15) is 19.5 Å². The van der Waals surface area contributed by atoms with Crippen molar-refractivity contribution in [3.8, 4) is 0 Å². The van der Waals surface area contributed by atoms with Crippen LogP contribution in [0.15, 0.2) is 22.8 Å². The van der Waals surface area contributed by atoms with E-state index in [4.69, 9.17) is 4.42 Å². The maximum atomic E-state index is 12.8. The SMILES string of the molecule is O=C([O-])C[C@@H](c1ccco1)N1C(=O)[C@@H]2[C@@H]3CC[C@@H](C3)[C@@H]2C1=O. The first-order valence-corrected chi connectivity index (χ1v) is 7.68. The fraction of sp³-hybridized carbons (Fsp3) is 0.562. The Hall–Kier alpha value is -2.11. The molecular formula is C16H16NO5-. The molecule has 2 bridgehead atoms. The molecule has 1 aromatic heterocycles. The predicted molar refractivity (Wildman–Crippen MR) is 70.7 cm³/mol. The first kappa shape index (κ1) is 13.5. The van der Waals surface area contributed by atoms with Crippen molar-refractivity contribution in [2.24, 2.45) is 23.7 Å².